The first kappa shape index (κ1) is 8.32. The zero-order valence-corrected chi connectivity index (χ0v) is 6.45. The second-order valence-corrected chi connectivity index (χ2v) is 2.42. The monoisotopic (exact) mass is 166 g/mol. The highest BCUT2D eigenvalue weighted by molar-refractivity contribution is 5.76. The van der Waals surface area contributed by atoms with Crippen LogP contribution in [0.3, 0.4) is 0 Å². The number of nitrogens with one attached hydrogen (secondary N) is 1. The molecule has 0 saturated carbocycles. The van der Waals surface area contributed by atoms with Crippen molar-refractivity contribution in [2.75, 3.05) is 5.73 Å². The first-order valence-corrected chi connectivity index (χ1v) is 3.39. The molecule has 1 aromatic rings. The van der Waals surface area contributed by atoms with Gasteiger partial charge in [0.05, 0.1) is 12.2 Å². The highest BCUT2D eigenvalue weighted by Crippen LogP contribution is 1.90. The minimum absolute atomic E-state index is 0.0669. The Morgan fingerprint density at radius 3 is 2.92 bits per heavy atom. The third-order valence-electron chi connectivity index (χ3n) is 1.39. The van der Waals surface area contributed by atoms with E-state index in [1.165, 1.54) is 10.6 Å². The Labute approximate surface area is 69.1 Å². The number of nitrogens with zero attached hydrogens (tertiary/aromatic N) is 1. The Kier molecular flexibility index (Phi) is 2.14. The van der Waals surface area contributed by atoms with Crippen LogP contribution in [0, 0.1) is 5.41 Å². The van der Waals surface area contributed by atoms with Gasteiger partial charge in [-0.2, -0.15) is 0 Å². The van der Waals surface area contributed by atoms with Crippen LogP contribution in [0.5, 0.6) is 0 Å². The molecular weight excluding hydrogens is 156 g/mol. The van der Waals surface area contributed by atoms with E-state index in [9.17, 15) is 4.79 Å². The number of anilines is 1. The van der Waals surface area contributed by atoms with E-state index < -0.39 is 0 Å². The molecule has 12 heavy (non-hydrogen) atoms. The molecule has 0 aliphatic heterocycles. The largest absolute Gasteiger partial charge is 0.394 e. The molecule has 0 aliphatic carbocycles. The van der Waals surface area contributed by atoms with Gasteiger partial charge in [-0.25, -0.2) is 0 Å². The quantitative estimate of drug-likeness (QED) is 0.403. The summed E-state index contributed by atoms with van der Waals surface area (Å²) in [4.78, 5) is 11.2. The Morgan fingerprint density at radius 2 is 2.33 bits per heavy atom. The van der Waals surface area contributed by atoms with Gasteiger partial charge >= 0.3 is 0 Å². The molecule has 0 unspecified atom stereocenters. The van der Waals surface area contributed by atoms with Crippen molar-refractivity contribution in [3.05, 3.63) is 28.7 Å². The lowest BCUT2D eigenvalue weighted by Crippen LogP contribution is -2.28. The molecule has 64 valence electrons. The van der Waals surface area contributed by atoms with Crippen LogP contribution >= 0.6 is 0 Å². The number of rotatable bonds is 2. The van der Waals surface area contributed by atoms with Gasteiger partial charge in [-0.15, -0.1) is 0 Å². The molecule has 0 bridgehead atoms. The molecule has 0 fully saturated rings. The van der Waals surface area contributed by atoms with Gasteiger partial charge < -0.3 is 16.0 Å². The van der Waals surface area contributed by atoms with E-state index in [2.05, 4.69) is 0 Å². The predicted molar refractivity (Wildman–Crippen MR) is 47.0 cm³/mol. The van der Waals surface area contributed by atoms with Crippen LogP contribution in [-0.4, -0.2) is 10.4 Å². The lowest BCUT2D eigenvalue weighted by Gasteiger charge is -2.03. The van der Waals surface area contributed by atoms with Gasteiger partial charge in [0, 0.05) is 6.20 Å². The van der Waals surface area contributed by atoms with E-state index in [1.807, 2.05) is 0 Å². The van der Waals surface area contributed by atoms with Crippen molar-refractivity contribution in [2.24, 2.45) is 5.73 Å². The van der Waals surface area contributed by atoms with Gasteiger partial charge in [0.25, 0.3) is 5.56 Å². The molecule has 0 atom stereocenters. The van der Waals surface area contributed by atoms with E-state index in [0.29, 0.717) is 0 Å². The fourth-order valence-corrected chi connectivity index (χ4v) is 0.863. The van der Waals surface area contributed by atoms with Crippen LogP contribution in [0.15, 0.2) is 23.1 Å². The summed E-state index contributed by atoms with van der Waals surface area (Å²) in [6.07, 6.45) is 1.54. The molecule has 5 heteroatoms. The minimum atomic E-state index is -0.312. The highest BCUT2D eigenvalue weighted by Gasteiger charge is 1.98. The van der Waals surface area contributed by atoms with Gasteiger partial charge in [0.1, 0.15) is 5.84 Å². The molecule has 0 aliphatic rings. The van der Waals surface area contributed by atoms with Crippen molar-refractivity contribution in [1.29, 1.82) is 5.41 Å². The zero-order chi connectivity index (χ0) is 9.14. The van der Waals surface area contributed by atoms with Gasteiger partial charge in [-0.1, -0.05) is 0 Å². The molecule has 1 heterocycles. The number of nitrogen functional groups attached to an aromatic ring is 1. The zero-order valence-electron chi connectivity index (χ0n) is 6.45. The minimum Gasteiger partial charge on any atom is -0.394 e. The summed E-state index contributed by atoms with van der Waals surface area (Å²) in [6.45, 7) is 0.0872. The molecule has 5 N–H and O–H groups in total. The van der Waals surface area contributed by atoms with Crippen LogP contribution in [0.1, 0.15) is 0 Å². The summed E-state index contributed by atoms with van der Waals surface area (Å²) in [5.74, 6) is -0.0669. The number of aromatic nitrogens is 1. The van der Waals surface area contributed by atoms with E-state index in [0.717, 1.165) is 0 Å². The number of hydrogen-bond donors (Lipinski definition) is 3. The molecule has 1 rings (SSSR count). The third kappa shape index (κ3) is 1.63. The normalized spacial score (nSPS) is 9.67. The average molecular weight is 166 g/mol. The van der Waals surface area contributed by atoms with Crippen molar-refractivity contribution in [2.45, 2.75) is 6.54 Å². The van der Waals surface area contributed by atoms with Crippen LogP contribution < -0.4 is 17.0 Å². The van der Waals surface area contributed by atoms with Crippen LogP contribution in [0.4, 0.5) is 5.69 Å². The highest BCUT2D eigenvalue weighted by atomic mass is 16.1. The standard InChI is InChI=1S/C7H10N4O/c8-5-2-1-3-11(7(5)12)4-6(9)10/h1-3H,4,8H2,(H3,9,10). The first-order chi connectivity index (χ1) is 5.61. The van der Waals surface area contributed by atoms with Crippen molar-refractivity contribution >= 4 is 11.5 Å². The van der Waals surface area contributed by atoms with Gasteiger partial charge in [-0.3, -0.25) is 10.2 Å². The summed E-state index contributed by atoms with van der Waals surface area (Å²) in [5.41, 5.74) is 10.3. The number of nitrogens with two attached hydrogens (primary N) is 2. The fourth-order valence-electron chi connectivity index (χ4n) is 0.863. The summed E-state index contributed by atoms with van der Waals surface area (Å²) < 4.78 is 1.29. The first-order valence-electron chi connectivity index (χ1n) is 3.39. The Hall–Kier alpha value is -1.78. The summed E-state index contributed by atoms with van der Waals surface area (Å²) >= 11 is 0. The Morgan fingerprint density at radius 1 is 1.67 bits per heavy atom. The summed E-state index contributed by atoms with van der Waals surface area (Å²) in [7, 11) is 0. The molecule has 0 saturated heterocycles. The fraction of sp³-hybridized carbons (Fsp3) is 0.143. The second kappa shape index (κ2) is 3.08. The molecular formula is C7H10N4O. The smallest absolute Gasteiger partial charge is 0.274 e. The van der Waals surface area contributed by atoms with Crippen molar-refractivity contribution in [1.82, 2.24) is 4.57 Å². The van der Waals surface area contributed by atoms with Crippen LogP contribution in [0.25, 0.3) is 0 Å². The summed E-state index contributed by atoms with van der Waals surface area (Å²) in [6, 6.07) is 3.15. The van der Waals surface area contributed by atoms with Gasteiger partial charge in [0.2, 0.25) is 0 Å². The van der Waals surface area contributed by atoms with Crippen molar-refractivity contribution < 1.29 is 0 Å². The number of hydrogen-bond acceptors (Lipinski definition) is 3. The van der Waals surface area contributed by atoms with Crippen molar-refractivity contribution in [3.8, 4) is 0 Å². The molecule has 0 aromatic carbocycles. The second-order valence-electron chi connectivity index (χ2n) is 2.42. The molecule has 0 radical (unpaired) electrons. The van der Waals surface area contributed by atoms with Gasteiger partial charge in [0.15, 0.2) is 0 Å². The van der Waals surface area contributed by atoms with Gasteiger partial charge in [-0.05, 0) is 12.1 Å². The van der Waals surface area contributed by atoms with Crippen molar-refractivity contribution in [3.63, 3.8) is 0 Å². The maximum Gasteiger partial charge on any atom is 0.274 e. The molecule has 5 nitrogen and oxygen atoms in total. The predicted octanol–water partition coefficient (Wildman–Crippen LogP) is -0.634. The molecule has 1 aromatic heterocycles. The topological polar surface area (TPSA) is 97.9 Å². The lowest BCUT2D eigenvalue weighted by atomic mass is 10.4. The molecule has 0 spiro atoms. The van der Waals surface area contributed by atoms with Crippen LogP contribution in [-0.2, 0) is 6.54 Å². The maximum absolute atomic E-state index is 11.2. The Balaban J connectivity index is 3.09. The Bertz CT molecular complexity index is 355. The van der Waals surface area contributed by atoms with E-state index in [1.54, 1.807) is 12.3 Å². The van der Waals surface area contributed by atoms with Crippen LogP contribution in [0.2, 0.25) is 0 Å². The lowest BCUT2D eigenvalue weighted by molar-refractivity contribution is 0.800. The average Bonchev–Trinajstić information content (AvgIpc) is 1.98. The van der Waals surface area contributed by atoms with E-state index >= 15 is 0 Å². The van der Waals surface area contributed by atoms with E-state index in [4.69, 9.17) is 16.9 Å². The number of amidine groups is 1. The number of pyridine rings is 1. The summed E-state index contributed by atoms with van der Waals surface area (Å²) in [5, 5.41) is 6.98. The SMILES string of the molecule is N=C(N)Cn1cccc(N)c1=O. The maximum atomic E-state index is 11.2. The molecule has 0 amide bonds. The van der Waals surface area contributed by atoms with E-state index in [-0.39, 0.29) is 23.6 Å². The third-order valence-corrected chi connectivity index (χ3v) is 1.39.